The molecule has 0 aliphatic heterocycles. The molecule has 0 radical (unpaired) electrons. The summed E-state index contributed by atoms with van der Waals surface area (Å²) in [6, 6.07) is 0.408. The van der Waals surface area contributed by atoms with Crippen molar-refractivity contribution in [2.75, 3.05) is 7.05 Å². The third-order valence-corrected chi connectivity index (χ3v) is 5.17. The molecule has 0 bridgehead atoms. The summed E-state index contributed by atoms with van der Waals surface area (Å²) in [5, 5.41) is 0. The van der Waals surface area contributed by atoms with Crippen LogP contribution in [-0.4, -0.2) is 28.9 Å². The van der Waals surface area contributed by atoms with Crippen molar-refractivity contribution >= 4 is 23.1 Å². The van der Waals surface area contributed by atoms with Gasteiger partial charge >= 0.3 is 0 Å². The minimum atomic E-state index is -0.537. The predicted molar refractivity (Wildman–Crippen MR) is 77.3 cm³/mol. The smallest absolute Gasteiger partial charge is 0.235 e. The second-order valence-corrected chi connectivity index (χ2v) is 6.30. The molecule has 0 spiro atoms. The highest BCUT2D eigenvalue weighted by atomic mass is 32.1. The second kappa shape index (κ2) is 5.55. The summed E-state index contributed by atoms with van der Waals surface area (Å²) in [6.07, 6.45) is 9.78. The summed E-state index contributed by atoms with van der Waals surface area (Å²) in [4.78, 5) is 15.2. The normalized spacial score (nSPS) is 23.8. The standard InChI is InChI=1S/C14H24N2OS/c1-16(11-7-3-4-8-11)13(17)14(12(15)18)9-5-2-6-10-14/h11H,2-10H2,1H3,(H2,15,18). The number of rotatable bonds is 3. The van der Waals surface area contributed by atoms with Crippen molar-refractivity contribution in [1.82, 2.24) is 4.90 Å². The number of thiocarbonyl (C=S) groups is 1. The van der Waals surface area contributed by atoms with Gasteiger partial charge in [0.1, 0.15) is 0 Å². The Labute approximate surface area is 115 Å². The van der Waals surface area contributed by atoms with Crippen LogP contribution in [0.2, 0.25) is 0 Å². The lowest BCUT2D eigenvalue weighted by molar-refractivity contribution is -0.140. The molecular formula is C14H24N2OS. The van der Waals surface area contributed by atoms with Crippen molar-refractivity contribution in [3.05, 3.63) is 0 Å². The van der Waals surface area contributed by atoms with E-state index in [4.69, 9.17) is 18.0 Å². The Morgan fingerprint density at radius 3 is 2.22 bits per heavy atom. The zero-order valence-corrected chi connectivity index (χ0v) is 12.1. The van der Waals surface area contributed by atoms with Crippen molar-refractivity contribution in [3.8, 4) is 0 Å². The lowest BCUT2D eigenvalue weighted by Crippen LogP contribution is -2.52. The first-order chi connectivity index (χ1) is 8.58. The molecule has 1 amide bonds. The molecular weight excluding hydrogens is 244 g/mol. The van der Waals surface area contributed by atoms with Gasteiger partial charge in [-0.1, -0.05) is 44.3 Å². The van der Waals surface area contributed by atoms with E-state index in [2.05, 4.69) is 0 Å². The molecule has 0 aromatic rings. The van der Waals surface area contributed by atoms with Gasteiger partial charge < -0.3 is 10.6 Å². The highest BCUT2D eigenvalue weighted by Crippen LogP contribution is 2.39. The lowest BCUT2D eigenvalue weighted by atomic mass is 9.72. The quantitative estimate of drug-likeness (QED) is 0.800. The summed E-state index contributed by atoms with van der Waals surface area (Å²) in [5.41, 5.74) is 5.39. The number of nitrogens with two attached hydrogens (primary N) is 1. The maximum atomic E-state index is 12.8. The maximum Gasteiger partial charge on any atom is 0.235 e. The van der Waals surface area contributed by atoms with Gasteiger partial charge in [-0.15, -0.1) is 0 Å². The SMILES string of the molecule is CN(C(=O)C1(C(N)=S)CCCCC1)C1CCCC1. The Balaban J connectivity index is 2.14. The number of amides is 1. The first-order valence-corrected chi connectivity index (χ1v) is 7.56. The molecule has 0 heterocycles. The Hall–Kier alpha value is -0.640. The molecule has 2 N–H and O–H groups in total. The number of hydrogen-bond donors (Lipinski definition) is 1. The largest absolute Gasteiger partial charge is 0.392 e. The Bertz CT molecular complexity index is 331. The van der Waals surface area contributed by atoms with Gasteiger partial charge in [0, 0.05) is 13.1 Å². The lowest BCUT2D eigenvalue weighted by Gasteiger charge is -2.39. The topological polar surface area (TPSA) is 46.3 Å². The van der Waals surface area contributed by atoms with Gasteiger partial charge in [-0.3, -0.25) is 4.79 Å². The van der Waals surface area contributed by atoms with Crippen LogP contribution in [0.5, 0.6) is 0 Å². The van der Waals surface area contributed by atoms with Crippen molar-refractivity contribution in [2.45, 2.75) is 63.8 Å². The van der Waals surface area contributed by atoms with E-state index in [0.717, 1.165) is 38.5 Å². The van der Waals surface area contributed by atoms with E-state index in [1.165, 1.54) is 19.3 Å². The molecule has 3 nitrogen and oxygen atoms in total. The van der Waals surface area contributed by atoms with Crippen LogP contribution >= 0.6 is 12.2 Å². The van der Waals surface area contributed by atoms with Gasteiger partial charge in [-0.2, -0.15) is 0 Å². The fourth-order valence-electron chi connectivity index (χ4n) is 3.52. The van der Waals surface area contributed by atoms with Gasteiger partial charge in [0.05, 0.1) is 10.4 Å². The molecule has 0 atom stereocenters. The number of carbonyl (C=O) groups excluding carboxylic acids is 1. The summed E-state index contributed by atoms with van der Waals surface area (Å²) >= 11 is 5.23. The number of carbonyl (C=O) groups is 1. The van der Waals surface area contributed by atoms with Crippen molar-refractivity contribution < 1.29 is 4.79 Å². The van der Waals surface area contributed by atoms with E-state index < -0.39 is 5.41 Å². The Morgan fingerprint density at radius 2 is 1.72 bits per heavy atom. The van der Waals surface area contributed by atoms with Crippen molar-refractivity contribution in [1.29, 1.82) is 0 Å². The maximum absolute atomic E-state index is 12.8. The number of nitrogens with zero attached hydrogens (tertiary/aromatic N) is 1. The number of hydrogen-bond acceptors (Lipinski definition) is 2. The van der Waals surface area contributed by atoms with Crippen molar-refractivity contribution in [3.63, 3.8) is 0 Å². The van der Waals surface area contributed by atoms with Crippen LogP contribution in [0.15, 0.2) is 0 Å². The summed E-state index contributed by atoms with van der Waals surface area (Å²) in [6.45, 7) is 0. The first-order valence-electron chi connectivity index (χ1n) is 7.15. The third kappa shape index (κ3) is 2.40. The monoisotopic (exact) mass is 268 g/mol. The average Bonchev–Trinajstić information content (AvgIpc) is 2.91. The van der Waals surface area contributed by atoms with Crippen LogP contribution in [0.25, 0.3) is 0 Å². The zero-order chi connectivity index (χ0) is 13.2. The molecule has 0 aromatic heterocycles. The van der Waals surface area contributed by atoms with Gasteiger partial charge in [0.25, 0.3) is 0 Å². The van der Waals surface area contributed by atoms with E-state index in [0.29, 0.717) is 11.0 Å². The molecule has 2 fully saturated rings. The molecule has 2 saturated carbocycles. The van der Waals surface area contributed by atoms with Gasteiger partial charge in [-0.25, -0.2) is 0 Å². The van der Waals surface area contributed by atoms with E-state index in [-0.39, 0.29) is 5.91 Å². The fourth-order valence-corrected chi connectivity index (χ4v) is 3.81. The molecule has 0 aromatic carbocycles. The molecule has 2 aliphatic rings. The Morgan fingerprint density at radius 1 is 1.17 bits per heavy atom. The molecule has 2 aliphatic carbocycles. The summed E-state index contributed by atoms with van der Waals surface area (Å²) < 4.78 is 0. The van der Waals surface area contributed by atoms with E-state index >= 15 is 0 Å². The second-order valence-electron chi connectivity index (χ2n) is 5.86. The van der Waals surface area contributed by atoms with Crippen LogP contribution in [0.4, 0.5) is 0 Å². The van der Waals surface area contributed by atoms with Crippen LogP contribution in [0.1, 0.15) is 57.8 Å². The van der Waals surface area contributed by atoms with Crippen LogP contribution in [0, 0.1) is 5.41 Å². The van der Waals surface area contributed by atoms with E-state index in [1.54, 1.807) is 0 Å². The molecule has 4 heteroatoms. The summed E-state index contributed by atoms with van der Waals surface area (Å²) in [5.74, 6) is 0.182. The first kappa shape index (κ1) is 13.8. The Kier molecular flexibility index (Phi) is 4.25. The minimum Gasteiger partial charge on any atom is -0.392 e. The van der Waals surface area contributed by atoms with Gasteiger partial charge in [0.2, 0.25) is 5.91 Å². The van der Waals surface area contributed by atoms with E-state index in [9.17, 15) is 4.79 Å². The molecule has 0 saturated heterocycles. The zero-order valence-electron chi connectivity index (χ0n) is 11.3. The summed E-state index contributed by atoms with van der Waals surface area (Å²) in [7, 11) is 1.94. The molecule has 2 rings (SSSR count). The predicted octanol–water partition coefficient (Wildman–Crippen LogP) is 2.62. The van der Waals surface area contributed by atoms with Crippen LogP contribution in [-0.2, 0) is 4.79 Å². The van der Waals surface area contributed by atoms with Gasteiger partial charge in [0.15, 0.2) is 0 Å². The van der Waals surface area contributed by atoms with Crippen LogP contribution < -0.4 is 5.73 Å². The molecule has 18 heavy (non-hydrogen) atoms. The minimum absolute atomic E-state index is 0.182. The van der Waals surface area contributed by atoms with Crippen molar-refractivity contribution in [2.24, 2.45) is 11.1 Å². The highest BCUT2D eigenvalue weighted by molar-refractivity contribution is 7.80. The highest BCUT2D eigenvalue weighted by Gasteiger charge is 2.45. The third-order valence-electron chi connectivity index (χ3n) is 4.78. The average molecular weight is 268 g/mol. The fraction of sp³-hybridized carbons (Fsp3) is 0.857. The molecule has 102 valence electrons. The molecule has 0 unspecified atom stereocenters. The van der Waals surface area contributed by atoms with Gasteiger partial charge in [-0.05, 0) is 25.7 Å². The van der Waals surface area contributed by atoms with Crippen LogP contribution in [0.3, 0.4) is 0 Å². The van der Waals surface area contributed by atoms with E-state index in [1.807, 2.05) is 11.9 Å².